The quantitative estimate of drug-likeness (QED) is 0.497. The normalized spacial score (nSPS) is 25.5. The summed E-state index contributed by atoms with van der Waals surface area (Å²) in [5.74, 6) is 0. The fourth-order valence-corrected chi connectivity index (χ4v) is 2.69. The molecule has 118 valence electrons. The molecule has 1 aromatic carbocycles. The lowest BCUT2D eigenvalue weighted by Gasteiger charge is -2.43. The van der Waals surface area contributed by atoms with Crippen LogP contribution in [-0.4, -0.2) is 38.6 Å². The van der Waals surface area contributed by atoms with E-state index in [2.05, 4.69) is 26.2 Å². The smallest absolute Gasteiger partial charge is 0.137 e. The highest BCUT2D eigenvalue weighted by Crippen LogP contribution is 2.24. The second kappa shape index (κ2) is 5.76. The van der Waals surface area contributed by atoms with E-state index in [-0.39, 0.29) is 0 Å². The minimum atomic E-state index is -0.635. The van der Waals surface area contributed by atoms with Gasteiger partial charge in [-0.15, -0.1) is 0 Å². The van der Waals surface area contributed by atoms with Gasteiger partial charge in [0.2, 0.25) is 0 Å². The van der Waals surface area contributed by atoms with Crippen LogP contribution in [-0.2, 0) is 0 Å². The maximum atomic E-state index is 9.38. The number of hydrogen-bond donors (Lipinski definition) is 4. The number of anilines is 1. The molecule has 2 rings (SSSR count). The van der Waals surface area contributed by atoms with Crippen molar-refractivity contribution in [2.45, 2.75) is 38.8 Å². The second-order valence-corrected chi connectivity index (χ2v) is 6.21. The van der Waals surface area contributed by atoms with E-state index in [9.17, 15) is 10.4 Å². The molecule has 0 aliphatic carbocycles. The van der Waals surface area contributed by atoms with Crippen molar-refractivity contribution in [3.63, 3.8) is 0 Å². The van der Waals surface area contributed by atoms with Crippen LogP contribution in [0.3, 0.4) is 0 Å². The summed E-state index contributed by atoms with van der Waals surface area (Å²) in [7, 11) is 0. The van der Waals surface area contributed by atoms with Gasteiger partial charge in [-0.2, -0.15) is 5.10 Å². The molecule has 1 aliphatic heterocycles. The Bertz CT molecular complexity index is 601. The van der Waals surface area contributed by atoms with Crippen LogP contribution in [0.5, 0.6) is 0 Å². The van der Waals surface area contributed by atoms with Crippen LogP contribution in [0.1, 0.15) is 27.7 Å². The Labute approximate surface area is 129 Å². The fraction of sp³-hybridized carbons (Fsp3) is 0.400. The van der Waals surface area contributed by atoms with Crippen molar-refractivity contribution in [3.8, 4) is 0 Å². The molecule has 0 radical (unpaired) electrons. The van der Waals surface area contributed by atoms with Crippen LogP contribution < -0.4 is 10.7 Å². The van der Waals surface area contributed by atoms with Crippen molar-refractivity contribution in [3.05, 3.63) is 30.3 Å². The average Bonchev–Trinajstić information content (AvgIpc) is 2.44. The third-order valence-corrected chi connectivity index (χ3v) is 3.53. The summed E-state index contributed by atoms with van der Waals surface area (Å²) in [5.41, 5.74) is 3.30. The molecule has 1 heterocycles. The summed E-state index contributed by atoms with van der Waals surface area (Å²) in [6, 6.07) is 9.36. The van der Waals surface area contributed by atoms with E-state index in [1.54, 1.807) is 0 Å². The molecular formula is C15H21N5O2. The number of oxime groups is 2. The summed E-state index contributed by atoms with van der Waals surface area (Å²) in [6.45, 7) is 7.48. The molecule has 0 amide bonds. The van der Waals surface area contributed by atoms with E-state index in [1.165, 1.54) is 0 Å². The SMILES string of the molecule is CC1(C)NC(C)(C)/C(=N\O)C(=NNc2ccccc2)/C1=N\O. The summed E-state index contributed by atoms with van der Waals surface area (Å²) in [6.07, 6.45) is 0. The van der Waals surface area contributed by atoms with Crippen LogP contribution in [0.15, 0.2) is 45.7 Å². The maximum absolute atomic E-state index is 9.38. The predicted molar refractivity (Wildman–Crippen MR) is 87.2 cm³/mol. The Hall–Kier alpha value is -2.41. The van der Waals surface area contributed by atoms with Gasteiger partial charge in [-0.1, -0.05) is 28.5 Å². The van der Waals surface area contributed by atoms with Crippen molar-refractivity contribution < 1.29 is 10.4 Å². The predicted octanol–water partition coefficient (Wildman–Crippen LogP) is 2.28. The van der Waals surface area contributed by atoms with E-state index >= 15 is 0 Å². The van der Waals surface area contributed by atoms with Crippen molar-refractivity contribution in [2.24, 2.45) is 15.4 Å². The number of nitrogens with zero attached hydrogens (tertiary/aromatic N) is 3. The number of hydrogen-bond acceptors (Lipinski definition) is 7. The summed E-state index contributed by atoms with van der Waals surface area (Å²) in [4.78, 5) is 0. The summed E-state index contributed by atoms with van der Waals surface area (Å²) >= 11 is 0. The van der Waals surface area contributed by atoms with Crippen LogP contribution >= 0.6 is 0 Å². The number of piperidine rings is 1. The van der Waals surface area contributed by atoms with Crippen LogP contribution in [0, 0.1) is 0 Å². The number of para-hydroxylation sites is 1. The average molecular weight is 303 g/mol. The van der Waals surface area contributed by atoms with E-state index in [4.69, 9.17) is 0 Å². The lowest BCUT2D eigenvalue weighted by Crippen LogP contribution is -2.69. The van der Waals surface area contributed by atoms with Crippen LogP contribution in [0.2, 0.25) is 0 Å². The van der Waals surface area contributed by atoms with E-state index < -0.39 is 11.1 Å². The number of hydrazone groups is 1. The van der Waals surface area contributed by atoms with Crippen LogP contribution in [0.4, 0.5) is 5.69 Å². The number of benzene rings is 1. The highest BCUT2D eigenvalue weighted by Gasteiger charge is 2.47. The van der Waals surface area contributed by atoms with Gasteiger partial charge in [0.05, 0.1) is 16.8 Å². The van der Waals surface area contributed by atoms with Crippen molar-refractivity contribution >= 4 is 22.8 Å². The number of rotatable bonds is 2. The minimum Gasteiger partial charge on any atom is -0.411 e. The van der Waals surface area contributed by atoms with Crippen molar-refractivity contribution in [1.29, 1.82) is 0 Å². The van der Waals surface area contributed by atoms with Crippen molar-refractivity contribution in [1.82, 2.24) is 5.32 Å². The van der Waals surface area contributed by atoms with Gasteiger partial charge in [-0.25, -0.2) is 0 Å². The van der Waals surface area contributed by atoms with E-state index in [0.29, 0.717) is 17.1 Å². The Balaban J connectivity index is 2.47. The zero-order valence-electron chi connectivity index (χ0n) is 13.1. The van der Waals surface area contributed by atoms with Gasteiger partial charge in [0.25, 0.3) is 0 Å². The van der Waals surface area contributed by atoms with E-state index in [1.807, 2.05) is 58.0 Å². The van der Waals surface area contributed by atoms with Crippen molar-refractivity contribution in [2.75, 3.05) is 5.43 Å². The highest BCUT2D eigenvalue weighted by molar-refractivity contribution is 6.72. The zero-order valence-corrected chi connectivity index (χ0v) is 13.1. The molecule has 1 aliphatic rings. The highest BCUT2D eigenvalue weighted by atomic mass is 16.4. The van der Waals surface area contributed by atoms with Gasteiger partial charge >= 0.3 is 0 Å². The van der Waals surface area contributed by atoms with Gasteiger partial charge in [-0.05, 0) is 39.8 Å². The molecule has 1 fully saturated rings. The first-order chi connectivity index (χ1) is 10.3. The Morgan fingerprint density at radius 1 is 0.909 bits per heavy atom. The Morgan fingerprint density at radius 2 is 1.41 bits per heavy atom. The first-order valence-electron chi connectivity index (χ1n) is 6.96. The summed E-state index contributed by atoms with van der Waals surface area (Å²) < 4.78 is 0. The second-order valence-electron chi connectivity index (χ2n) is 6.21. The molecule has 1 saturated heterocycles. The lowest BCUT2D eigenvalue weighted by atomic mass is 9.78. The first-order valence-corrected chi connectivity index (χ1v) is 6.96. The fourth-order valence-electron chi connectivity index (χ4n) is 2.69. The molecular weight excluding hydrogens is 282 g/mol. The third-order valence-electron chi connectivity index (χ3n) is 3.53. The van der Waals surface area contributed by atoms with Gasteiger partial charge in [0.15, 0.2) is 0 Å². The molecule has 0 bridgehead atoms. The molecule has 0 unspecified atom stereocenters. The van der Waals surface area contributed by atoms with Gasteiger partial charge in [0.1, 0.15) is 17.1 Å². The molecule has 0 aromatic heterocycles. The van der Waals surface area contributed by atoms with Gasteiger partial charge < -0.3 is 10.4 Å². The monoisotopic (exact) mass is 303 g/mol. The first kappa shape index (κ1) is 16.0. The molecule has 22 heavy (non-hydrogen) atoms. The third kappa shape index (κ3) is 2.94. The van der Waals surface area contributed by atoms with Crippen LogP contribution in [0.25, 0.3) is 0 Å². The van der Waals surface area contributed by atoms with E-state index in [0.717, 1.165) is 5.69 Å². The van der Waals surface area contributed by atoms with Gasteiger partial charge in [0, 0.05) is 0 Å². The lowest BCUT2D eigenvalue weighted by molar-refractivity contribution is 0.297. The zero-order chi connectivity index (χ0) is 16.4. The molecule has 7 nitrogen and oxygen atoms in total. The molecule has 7 heteroatoms. The molecule has 0 atom stereocenters. The topological polar surface area (TPSA) is 102 Å². The molecule has 0 spiro atoms. The largest absolute Gasteiger partial charge is 0.411 e. The molecule has 0 saturated carbocycles. The minimum absolute atomic E-state index is 0.294. The Kier molecular flexibility index (Phi) is 4.18. The van der Waals surface area contributed by atoms with Gasteiger partial charge in [-0.3, -0.25) is 10.7 Å². The molecule has 1 aromatic rings. The number of nitrogens with one attached hydrogen (secondary N) is 2. The Morgan fingerprint density at radius 3 is 1.86 bits per heavy atom. The molecule has 4 N–H and O–H groups in total. The standard InChI is InChI=1S/C15H21N5O2/c1-14(2)12(18-21)11(13(19-22)15(3,4)20-14)17-16-10-8-6-5-7-9-10/h5-9,16,20-22H,1-4H3/b17-11?,18-12-,19-13+. The summed E-state index contributed by atoms with van der Waals surface area (Å²) in [5, 5.41) is 33.0. The maximum Gasteiger partial charge on any atom is 0.137 e.